The Morgan fingerprint density at radius 1 is 1.50 bits per heavy atom. The van der Waals surface area contributed by atoms with Crippen molar-refractivity contribution in [2.75, 3.05) is 6.61 Å². The third-order valence-electron chi connectivity index (χ3n) is 3.84. The number of rotatable bonds is 6. The third-order valence-corrected chi connectivity index (χ3v) is 5.57. The Morgan fingerprint density at radius 3 is 3.00 bits per heavy atom. The van der Waals surface area contributed by atoms with Crippen molar-refractivity contribution in [3.63, 3.8) is 0 Å². The maximum atomic E-state index is 12.9. The Balaban J connectivity index is 1.91. The highest BCUT2D eigenvalue weighted by Gasteiger charge is 2.30. The molecule has 9 nitrogen and oxygen atoms in total. The molecule has 1 aliphatic rings. The first kappa shape index (κ1) is 18.6. The van der Waals surface area contributed by atoms with Crippen molar-refractivity contribution in [2.24, 2.45) is 5.73 Å². The van der Waals surface area contributed by atoms with E-state index in [-0.39, 0.29) is 15.7 Å². The Labute approximate surface area is 155 Å². The number of nitrogens with one attached hydrogen (secondary N) is 1. The summed E-state index contributed by atoms with van der Waals surface area (Å²) in [7, 11) is -3.99. The summed E-state index contributed by atoms with van der Waals surface area (Å²) in [4.78, 5) is 15.1. The van der Waals surface area contributed by atoms with Gasteiger partial charge in [-0.15, -0.1) is 0 Å². The number of carbonyl (C=O) groups is 1. The molecule has 0 saturated heterocycles. The highest BCUT2D eigenvalue weighted by molar-refractivity contribution is 7.89. The van der Waals surface area contributed by atoms with Crippen LogP contribution >= 0.6 is 11.6 Å². The van der Waals surface area contributed by atoms with E-state index in [1.807, 2.05) is 0 Å². The number of benzene rings is 1. The molecule has 2 heterocycles. The van der Waals surface area contributed by atoms with Crippen LogP contribution in [-0.4, -0.2) is 35.7 Å². The number of amides is 1. The zero-order valence-electron chi connectivity index (χ0n) is 14.0. The lowest BCUT2D eigenvalue weighted by molar-refractivity contribution is -0.120. The molecule has 0 bridgehead atoms. The molecule has 0 unspecified atom stereocenters. The topological polar surface area (TPSA) is 129 Å². The monoisotopic (exact) mass is 399 g/mol. The van der Waals surface area contributed by atoms with Gasteiger partial charge in [0.1, 0.15) is 22.3 Å². The molecule has 0 aliphatic carbocycles. The first-order valence-electron chi connectivity index (χ1n) is 7.90. The molecule has 3 rings (SSSR count). The highest BCUT2D eigenvalue weighted by Crippen LogP contribution is 2.30. The van der Waals surface area contributed by atoms with Crippen molar-refractivity contribution in [3.8, 4) is 5.75 Å². The van der Waals surface area contributed by atoms with Gasteiger partial charge in [0, 0.05) is 11.6 Å². The van der Waals surface area contributed by atoms with Crippen LogP contribution in [0.1, 0.15) is 30.5 Å². The van der Waals surface area contributed by atoms with Crippen LogP contribution in [0, 0.1) is 6.92 Å². The van der Waals surface area contributed by atoms with Crippen molar-refractivity contribution >= 4 is 27.5 Å². The maximum Gasteiger partial charge on any atom is 0.255 e. The summed E-state index contributed by atoms with van der Waals surface area (Å²) >= 11 is 5.95. The standard InChI is InChI=1S/C15H18ClN5O4S/c1-9-18-15-11(3-2-6-21(15)19-9)20-26(23,24)13-7-10(16)4-5-12(13)25-8-14(17)22/h4-5,7,11,20H,2-3,6,8H2,1H3,(H2,17,22)/t11-/m0/s1. The maximum absolute atomic E-state index is 12.9. The molecule has 2 aromatic rings. The Bertz CT molecular complexity index is 944. The number of nitrogens with zero attached hydrogens (tertiary/aromatic N) is 3. The molecule has 1 aromatic heterocycles. The summed E-state index contributed by atoms with van der Waals surface area (Å²) in [5.41, 5.74) is 5.06. The van der Waals surface area contributed by atoms with E-state index in [1.165, 1.54) is 18.2 Å². The normalized spacial score (nSPS) is 16.9. The van der Waals surface area contributed by atoms with Crippen LogP contribution < -0.4 is 15.2 Å². The van der Waals surface area contributed by atoms with E-state index >= 15 is 0 Å². The van der Waals surface area contributed by atoms with Gasteiger partial charge in [-0.25, -0.2) is 22.8 Å². The number of nitrogens with two attached hydrogens (primary N) is 1. The van der Waals surface area contributed by atoms with Gasteiger partial charge in [-0.3, -0.25) is 4.79 Å². The fraction of sp³-hybridized carbons (Fsp3) is 0.400. The molecule has 11 heteroatoms. The van der Waals surface area contributed by atoms with Gasteiger partial charge in [0.25, 0.3) is 5.91 Å². The van der Waals surface area contributed by atoms with Crippen molar-refractivity contribution < 1.29 is 17.9 Å². The minimum atomic E-state index is -3.99. The van der Waals surface area contributed by atoms with Crippen LogP contribution in [0.15, 0.2) is 23.1 Å². The Kier molecular flexibility index (Phi) is 5.17. The summed E-state index contributed by atoms with van der Waals surface area (Å²) in [5.74, 6) is 0.430. The number of aryl methyl sites for hydroxylation is 2. The SMILES string of the molecule is Cc1nc2n(n1)CCC[C@@H]2NS(=O)(=O)c1cc(Cl)ccc1OCC(N)=O. The zero-order chi connectivity index (χ0) is 18.9. The molecule has 26 heavy (non-hydrogen) atoms. The van der Waals surface area contributed by atoms with E-state index in [1.54, 1.807) is 11.6 Å². The molecule has 0 spiro atoms. The van der Waals surface area contributed by atoms with Gasteiger partial charge in [-0.2, -0.15) is 5.10 Å². The molecule has 3 N–H and O–H groups in total. The Hall–Kier alpha value is -2.17. The van der Waals surface area contributed by atoms with Crippen LogP contribution in [0.5, 0.6) is 5.75 Å². The van der Waals surface area contributed by atoms with Crippen LogP contribution in [0.2, 0.25) is 5.02 Å². The molecular formula is C15H18ClN5O4S. The van der Waals surface area contributed by atoms with Crippen LogP contribution in [-0.2, 0) is 21.4 Å². The van der Waals surface area contributed by atoms with Crippen LogP contribution in [0.4, 0.5) is 0 Å². The summed E-state index contributed by atoms with van der Waals surface area (Å²) in [6.45, 7) is 2.00. The van der Waals surface area contributed by atoms with Crippen molar-refractivity contribution in [3.05, 3.63) is 34.9 Å². The fourth-order valence-electron chi connectivity index (χ4n) is 2.79. The van der Waals surface area contributed by atoms with E-state index in [4.69, 9.17) is 22.1 Å². The van der Waals surface area contributed by atoms with Crippen LogP contribution in [0.3, 0.4) is 0 Å². The Morgan fingerprint density at radius 2 is 2.27 bits per heavy atom. The van der Waals surface area contributed by atoms with E-state index in [9.17, 15) is 13.2 Å². The van der Waals surface area contributed by atoms with Crippen LogP contribution in [0.25, 0.3) is 0 Å². The molecule has 1 atom stereocenters. The molecular weight excluding hydrogens is 382 g/mol. The summed E-state index contributed by atoms with van der Waals surface area (Å²) in [6.07, 6.45) is 1.36. The smallest absolute Gasteiger partial charge is 0.255 e. The number of fused-ring (bicyclic) bond motifs is 1. The quantitative estimate of drug-likeness (QED) is 0.742. The first-order chi connectivity index (χ1) is 12.3. The fourth-order valence-corrected chi connectivity index (χ4v) is 4.43. The number of hydrogen-bond donors (Lipinski definition) is 2. The predicted molar refractivity (Wildman–Crippen MR) is 93.2 cm³/mol. The lowest BCUT2D eigenvalue weighted by atomic mass is 10.1. The second-order valence-electron chi connectivity index (χ2n) is 5.90. The molecule has 1 amide bonds. The van der Waals surface area contributed by atoms with Gasteiger partial charge in [0.05, 0.1) is 6.04 Å². The molecule has 0 fully saturated rings. The van der Waals surface area contributed by atoms with Crippen molar-refractivity contribution in [1.29, 1.82) is 0 Å². The first-order valence-corrected chi connectivity index (χ1v) is 9.77. The number of hydrogen-bond acceptors (Lipinski definition) is 6. The average Bonchev–Trinajstić information content (AvgIpc) is 2.94. The van der Waals surface area contributed by atoms with Gasteiger partial charge in [0.2, 0.25) is 10.0 Å². The summed E-state index contributed by atoms with van der Waals surface area (Å²) in [5, 5.41) is 4.48. The number of sulfonamides is 1. The van der Waals surface area contributed by atoms with Gasteiger partial charge < -0.3 is 10.5 Å². The summed E-state index contributed by atoms with van der Waals surface area (Å²) < 4.78 is 35.4. The second-order valence-corrected chi connectivity index (χ2v) is 8.02. The van der Waals surface area contributed by atoms with Gasteiger partial charge in [0.15, 0.2) is 6.61 Å². The lowest BCUT2D eigenvalue weighted by Crippen LogP contribution is -2.33. The van der Waals surface area contributed by atoms with E-state index in [2.05, 4.69) is 14.8 Å². The van der Waals surface area contributed by atoms with E-state index in [0.29, 0.717) is 24.6 Å². The molecule has 0 radical (unpaired) electrons. The van der Waals surface area contributed by atoms with E-state index in [0.717, 1.165) is 6.42 Å². The minimum Gasteiger partial charge on any atom is -0.482 e. The van der Waals surface area contributed by atoms with Crippen molar-refractivity contribution in [1.82, 2.24) is 19.5 Å². The number of halogens is 1. The highest BCUT2D eigenvalue weighted by atomic mass is 35.5. The molecule has 1 aromatic carbocycles. The lowest BCUT2D eigenvalue weighted by Gasteiger charge is -2.23. The number of primary amides is 1. The summed E-state index contributed by atoms with van der Waals surface area (Å²) in [6, 6.07) is 3.60. The van der Waals surface area contributed by atoms with Crippen molar-refractivity contribution in [2.45, 2.75) is 37.2 Å². The second kappa shape index (κ2) is 7.22. The predicted octanol–water partition coefficient (Wildman–Crippen LogP) is 0.917. The number of aromatic nitrogens is 3. The molecule has 140 valence electrons. The zero-order valence-corrected chi connectivity index (χ0v) is 15.5. The largest absolute Gasteiger partial charge is 0.482 e. The molecule has 0 saturated carbocycles. The van der Waals surface area contributed by atoms with E-state index < -0.39 is 28.6 Å². The van der Waals surface area contributed by atoms with Gasteiger partial charge >= 0.3 is 0 Å². The number of carbonyl (C=O) groups excluding carboxylic acids is 1. The number of ether oxygens (including phenoxy) is 1. The minimum absolute atomic E-state index is 0.00541. The van der Waals surface area contributed by atoms with Gasteiger partial charge in [-0.05, 0) is 38.0 Å². The third kappa shape index (κ3) is 3.97. The molecule has 1 aliphatic heterocycles. The van der Waals surface area contributed by atoms with Gasteiger partial charge in [-0.1, -0.05) is 11.6 Å². The average molecular weight is 400 g/mol.